The van der Waals surface area contributed by atoms with Gasteiger partial charge in [0.25, 0.3) is 7.82 Å². The van der Waals surface area contributed by atoms with E-state index < -0.39 is 32.5 Å². The molecule has 0 rings (SSSR count). The van der Waals surface area contributed by atoms with Crippen molar-refractivity contribution in [2.24, 2.45) is 0 Å². The van der Waals surface area contributed by atoms with Gasteiger partial charge in [0.2, 0.25) is 0 Å². The second-order valence-corrected chi connectivity index (χ2v) is 24.2. The number of hydrogen-bond acceptors (Lipinski definition) is 8. The summed E-state index contributed by atoms with van der Waals surface area (Å²) in [5.74, 6) is -0.890. The number of esters is 2. The molecule has 2 unspecified atom stereocenters. The maximum absolute atomic E-state index is 12.8. The maximum atomic E-state index is 12.8. The molecule has 9 nitrogen and oxygen atoms in total. The molecule has 0 heterocycles. The molecule has 0 radical (unpaired) electrons. The van der Waals surface area contributed by atoms with E-state index in [2.05, 4.69) is 196 Å². The number of phosphoric ester groups is 1. The number of likely N-dealkylation sites (N-methyl/N-ethyl adjacent to an activating group) is 1. The van der Waals surface area contributed by atoms with Gasteiger partial charge in [-0.2, -0.15) is 0 Å². The molecule has 0 fully saturated rings. The second kappa shape index (κ2) is 64.6. The highest BCUT2D eigenvalue weighted by Crippen LogP contribution is 2.38. The van der Waals surface area contributed by atoms with Crippen LogP contribution in [-0.2, 0) is 32.7 Å². The van der Waals surface area contributed by atoms with Gasteiger partial charge in [0, 0.05) is 12.8 Å². The molecule has 0 N–H and O–H groups in total. The summed E-state index contributed by atoms with van der Waals surface area (Å²) >= 11 is 0. The van der Waals surface area contributed by atoms with E-state index in [-0.39, 0.29) is 26.1 Å². The average Bonchev–Trinajstić information content (AvgIpc) is 3.70. The minimum atomic E-state index is -4.66. The van der Waals surface area contributed by atoms with E-state index in [0.717, 1.165) is 154 Å². The number of hydrogen-bond donors (Lipinski definition) is 0. The van der Waals surface area contributed by atoms with Gasteiger partial charge >= 0.3 is 11.9 Å². The van der Waals surface area contributed by atoms with Crippen LogP contribution < -0.4 is 4.89 Å². The summed E-state index contributed by atoms with van der Waals surface area (Å²) < 4.78 is 34.2. The molecule has 0 aliphatic rings. The smallest absolute Gasteiger partial charge is 0.306 e. The number of quaternary nitrogens is 1. The van der Waals surface area contributed by atoms with Crippen molar-refractivity contribution >= 4 is 19.8 Å². The van der Waals surface area contributed by atoms with E-state index in [1.54, 1.807) is 0 Å². The van der Waals surface area contributed by atoms with Crippen LogP contribution in [0.1, 0.15) is 232 Å². The van der Waals surface area contributed by atoms with Gasteiger partial charge in [0.15, 0.2) is 6.10 Å². The number of nitrogens with zero attached hydrogens (tertiary/aromatic N) is 1. The molecule has 0 aliphatic carbocycles. The zero-order chi connectivity index (χ0) is 62.6. The number of unbranched alkanes of at least 4 members (excludes halogenated alkanes) is 15. The summed E-state index contributed by atoms with van der Waals surface area (Å²) in [4.78, 5) is 38.0. The Labute approximate surface area is 527 Å². The third-order valence-electron chi connectivity index (χ3n) is 13.4. The van der Waals surface area contributed by atoms with Crippen molar-refractivity contribution < 1.29 is 42.1 Å². The number of phosphoric acid groups is 1. The van der Waals surface area contributed by atoms with Crippen LogP contribution in [0.4, 0.5) is 0 Å². The van der Waals surface area contributed by atoms with Gasteiger partial charge in [0.1, 0.15) is 19.8 Å². The molecule has 2 atom stereocenters. The SMILES string of the molecule is CC/C=C\C/C=C\C/C=C\C/C=C\C/C=C\C/C=C\C/C=C\C/C=C\C/C=C\C/C=C\C/C=C\C/C=C\CCCCCCC(=O)OC(COC(=O)CCCCCCCC/C=C\C/C=C\C/C=C\CCCCCCC)COP(=O)([O-])OCC[N+](C)(C)C. The zero-order valence-electron chi connectivity index (χ0n) is 54.9. The lowest BCUT2D eigenvalue weighted by Gasteiger charge is -2.28. The van der Waals surface area contributed by atoms with Crippen LogP contribution in [0, 0.1) is 0 Å². The van der Waals surface area contributed by atoms with E-state index in [1.165, 1.54) is 38.5 Å². The fourth-order valence-electron chi connectivity index (χ4n) is 8.29. The van der Waals surface area contributed by atoms with Gasteiger partial charge < -0.3 is 27.9 Å². The molecule has 10 heteroatoms. The summed E-state index contributed by atoms with van der Waals surface area (Å²) in [5, 5.41) is 0. The summed E-state index contributed by atoms with van der Waals surface area (Å²) in [6.07, 6.45) is 99.6. The number of ether oxygens (including phenoxy) is 2. The Balaban J connectivity index is 4.22. The number of rotatable bonds is 59. The fraction of sp³-hybridized carbons (Fsp3) is 0.579. The summed E-state index contributed by atoms with van der Waals surface area (Å²) in [7, 11) is 1.11. The highest BCUT2D eigenvalue weighted by Gasteiger charge is 2.22. The highest BCUT2D eigenvalue weighted by atomic mass is 31.2. The van der Waals surface area contributed by atoms with E-state index in [4.69, 9.17) is 18.5 Å². The predicted molar refractivity (Wildman–Crippen MR) is 369 cm³/mol. The van der Waals surface area contributed by atoms with Crippen molar-refractivity contribution in [3.63, 3.8) is 0 Å². The first kappa shape index (κ1) is 81.1. The topological polar surface area (TPSA) is 111 Å². The molecule has 0 bridgehead atoms. The van der Waals surface area contributed by atoms with Gasteiger partial charge in [-0.1, -0.05) is 260 Å². The monoisotopic (exact) mass is 1210 g/mol. The lowest BCUT2D eigenvalue weighted by molar-refractivity contribution is -0.870. The maximum Gasteiger partial charge on any atom is 0.306 e. The summed E-state index contributed by atoms with van der Waals surface area (Å²) in [5.41, 5.74) is 0. The number of carbonyl (C=O) groups is 2. The zero-order valence-corrected chi connectivity index (χ0v) is 55.8. The fourth-order valence-corrected chi connectivity index (χ4v) is 9.02. The molecule has 0 aromatic heterocycles. The van der Waals surface area contributed by atoms with Crippen LogP contribution in [0.25, 0.3) is 0 Å². The van der Waals surface area contributed by atoms with Crippen LogP contribution in [0.5, 0.6) is 0 Å². The van der Waals surface area contributed by atoms with Crippen molar-refractivity contribution in [3.8, 4) is 0 Å². The van der Waals surface area contributed by atoms with E-state index >= 15 is 0 Å². The van der Waals surface area contributed by atoms with E-state index in [0.29, 0.717) is 23.9 Å². The molecule has 484 valence electrons. The van der Waals surface area contributed by atoms with Crippen molar-refractivity contribution in [1.82, 2.24) is 0 Å². The molecule has 0 aromatic rings. The molecular weight excluding hydrogens is 1090 g/mol. The third kappa shape index (κ3) is 68.2. The first-order valence-electron chi connectivity index (χ1n) is 33.5. The van der Waals surface area contributed by atoms with Crippen molar-refractivity contribution in [3.05, 3.63) is 182 Å². The van der Waals surface area contributed by atoms with Crippen molar-refractivity contribution in [2.75, 3.05) is 47.5 Å². The first-order valence-corrected chi connectivity index (χ1v) is 35.0. The largest absolute Gasteiger partial charge is 0.756 e. The van der Waals surface area contributed by atoms with Gasteiger partial charge in [0.05, 0.1) is 27.7 Å². The van der Waals surface area contributed by atoms with Crippen molar-refractivity contribution in [1.29, 1.82) is 0 Å². The predicted octanol–water partition coefficient (Wildman–Crippen LogP) is 21.3. The Hall–Kier alpha value is -4.89. The first-order chi connectivity index (χ1) is 42.0. The molecule has 0 aromatic carbocycles. The molecule has 0 saturated heterocycles. The number of carbonyl (C=O) groups excluding carboxylic acids is 2. The van der Waals surface area contributed by atoms with Crippen LogP contribution >= 0.6 is 7.82 Å². The van der Waals surface area contributed by atoms with Gasteiger partial charge in [-0.3, -0.25) is 14.2 Å². The third-order valence-corrected chi connectivity index (χ3v) is 14.4. The Morgan fingerprint density at radius 2 is 0.663 bits per heavy atom. The molecule has 86 heavy (non-hydrogen) atoms. The Kier molecular flexibility index (Phi) is 60.9. The standard InChI is InChI=1S/C76H122NO8P/c1-6-8-10-12-14-16-18-20-22-24-26-28-29-30-31-32-33-34-35-36-37-38-39-40-41-42-43-44-45-46-47-49-51-53-55-57-59-61-63-65-67-69-76(79)85-74(73-84-86(80,81)83-71-70-77(3,4)5)72-82-75(78)68-66-64-62-60-58-56-54-52-50-48-27-25-23-21-19-17-15-13-11-9-7-2/h8,10,14,16,19-22,25-28,30-31,33-34,36-37,39-40,42-43,45-46,49-52,55,57,74H,6-7,9,11-13,15,17-18,23-24,29,32,35,38,41,44,47-48,53-54,56,58-73H2,1-5H3/b10-8-,16-14-,21-19-,22-20-,27-25-,28-26-,31-30-,34-33-,37-36-,40-39-,43-42-,46-45-,51-49-,52-50-,57-55-. The minimum absolute atomic E-state index is 0.0486. The molecule has 0 saturated carbocycles. The lowest BCUT2D eigenvalue weighted by atomic mass is 10.1. The average molecular weight is 1210 g/mol. The Morgan fingerprint density at radius 1 is 0.372 bits per heavy atom. The molecule has 0 aliphatic heterocycles. The second-order valence-electron chi connectivity index (χ2n) is 22.7. The highest BCUT2D eigenvalue weighted by molar-refractivity contribution is 7.45. The molecular formula is C76H122NO8P. The van der Waals surface area contributed by atoms with Gasteiger partial charge in [-0.25, -0.2) is 0 Å². The van der Waals surface area contributed by atoms with E-state index in [1.807, 2.05) is 21.1 Å². The Morgan fingerprint density at radius 3 is 0.988 bits per heavy atom. The summed E-state index contributed by atoms with van der Waals surface area (Å²) in [6.45, 7) is 4.04. The Bertz CT molecular complexity index is 2100. The van der Waals surface area contributed by atoms with Crippen LogP contribution in [0.15, 0.2) is 182 Å². The molecule has 0 amide bonds. The van der Waals surface area contributed by atoms with Crippen molar-refractivity contribution in [2.45, 2.75) is 238 Å². The van der Waals surface area contributed by atoms with Crippen LogP contribution in [0.3, 0.4) is 0 Å². The normalized spacial score (nSPS) is 14.3. The van der Waals surface area contributed by atoms with E-state index in [9.17, 15) is 19.0 Å². The minimum Gasteiger partial charge on any atom is -0.756 e. The molecule has 0 spiro atoms. The van der Waals surface area contributed by atoms with Crippen LogP contribution in [-0.4, -0.2) is 70.0 Å². The lowest BCUT2D eigenvalue weighted by Crippen LogP contribution is -2.37. The van der Waals surface area contributed by atoms with Gasteiger partial charge in [-0.05, 0) is 141 Å². The van der Waals surface area contributed by atoms with Gasteiger partial charge in [-0.15, -0.1) is 0 Å². The summed E-state index contributed by atoms with van der Waals surface area (Å²) in [6, 6.07) is 0. The number of allylic oxidation sites excluding steroid dienone is 30. The van der Waals surface area contributed by atoms with Crippen LogP contribution in [0.2, 0.25) is 0 Å². The quantitative estimate of drug-likeness (QED) is 0.0195.